The van der Waals surface area contributed by atoms with E-state index in [9.17, 15) is 4.79 Å². The summed E-state index contributed by atoms with van der Waals surface area (Å²) >= 11 is 0. The molecule has 6 heteroatoms. The number of amides is 1. The Kier molecular flexibility index (Phi) is 4.93. The molecule has 2 aliphatic heterocycles. The number of carbonyl (C=O) groups is 1. The predicted molar refractivity (Wildman–Crippen MR) is 98.1 cm³/mol. The highest BCUT2D eigenvalue weighted by Crippen LogP contribution is 2.38. The predicted octanol–water partition coefficient (Wildman–Crippen LogP) is 3.09. The van der Waals surface area contributed by atoms with Gasteiger partial charge in [-0.05, 0) is 56.9 Å². The molecular formula is C20H25N3O3. The zero-order chi connectivity index (χ0) is 17.9. The molecule has 1 amide bonds. The lowest BCUT2D eigenvalue weighted by molar-refractivity contribution is 0.0939. The van der Waals surface area contributed by atoms with Crippen LogP contribution in [0.2, 0.25) is 0 Å². The number of nitrogens with one attached hydrogen (secondary N) is 1. The maximum atomic E-state index is 12.5. The Morgan fingerprint density at radius 2 is 2.12 bits per heavy atom. The van der Waals surface area contributed by atoms with E-state index in [-0.39, 0.29) is 5.91 Å². The van der Waals surface area contributed by atoms with E-state index in [2.05, 4.69) is 22.3 Å². The van der Waals surface area contributed by atoms with Crippen molar-refractivity contribution in [3.8, 4) is 17.1 Å². The number of hydrogen-bond donors (Lipinski definition) is 1. The molecule has 3 heterocycles. The quantitative estimate of drug-likeness (QED) is 0.835. The molecule has 0 spiro atoms. The fourth-order valence-corrected chi connectivity index (χ4v) is 3.64. The number of rotatable bonds is 5. The van der Waals surface area contributed by atoms with Crippen LogP contribution in [0, 0.1) is 5.92 Å². The molecule has 0 aliphatic carbocycles. The number of likely N-dealkylation sites (tertiary alicyclic amines) is 1. The van der Waals surface area contributed by atoms with Gasteiger partial charge in [0.05, 0.1) is 11.1 Å². The normalized spacial score (nSPS) is 17.3. The van der Waals surface area contributed by atoms with Gasteiger partial charge in [0, 0.05) is 6.54 Å². The molecule has 0 bridgehead atoms. The molecule has 0 atom stereocenters. The monoisotopic (exact) mass is 355 g/mol. The fraction of sp³-hybridized carbons (Fsp3) is 0.500. The third kappa shape index (κ3) is 3.46. The molecule has 138 valence electrons. The second-order valence-electron chi connectivity index (χ2n) is 7.26. The lowest BCUT2D eigenvalue weighted by atomic mass is 9.99. The van der Waals surface area contributed by atoms with E-state index in [0.29, 0.717) is 24.6 Å². The van der Waals surface area contributed by atoms with Crippen LogP contribution in [0.3, 0.4) is 0 Å². The van der Waals surface area contributed by atoms with Gasteiger partial charge in [0.1, 0.15) is 12.4 Å². The van der Waals surface area contributed by atoms with Crippen LogP contribution in [0.1, 0.15) is 42.2 Å². The third-order valence-electron chi connectivity index (χ3n) is 5.32. The summed E-state index contributed by atoms with van der Waals surface area (Å²) in [6, 6.07) is 7.64. The van der Waals surface area contributed by atoms with Crippen molar-refractivity contribution in [2.75, 3.05) is 26.2 Å². The van der Waals surface area contributed by atoms with Crippen LogP contribution in [-0.2, 0) is 6.61 Å². The molecule has 1 fully saturated rings. The number of ether oxygens (including phenoxy) is 1. The van der Waals surface area contributed by atoms with Crippen molar-refractivity contribution in [2.45, 2.75) is 32.8 Å². The van der Waals surface area contributed by atoms with Crippen molar-refractivity contribution in [1.29, 1.82) is 0 Å². The molecule has 0 radical (unpaired) electrons. The summed E-state index contributed by atoms with van der Waals surface area (Å²) in [7, 11) is 0. The first kappa shape index (κ1) is 17.1. The van der Waals surface area contributed by atoms with Crippen LogP contribution >= 0.6 is 0 Å². The van der Waals surface area contributed by atoms with Gasteiger partial charge < -0.3 is 19.5 Å². The van der Waals surface area contributed by atoms with Crippen LogP contribution in [0.4, 0.5) is 0 Å². The van der Waals surface area contributed by atoms with Gasteiger partial charge in [0.15, 0.2) is 11.5 Å². The van der Waals surface area contributed by atoms with Crippen LogP contribution in [-0.4, -0.2) is 42.1 Å². The summed E-state index contributed by atoms with van der Waals surface area (Å²) in [5.41, 5.74) is 1.91. The lowest BCUT2D eigenvalue weighted by Crippen LogP contribution is -2.35. The van der Waals surface area contributed by atoms with Gasteiger partial charge in [-0.25, -0.2) is 0 Å². The Morgan fingerprint density at radius 3 is 2.96 bits per heavy atom. The van der Waals surface area contributed by atoms with E-state index in [1.165, 1.54) is 25.9 Å². The number of fused-ring (bicyclic) bond motifs is 3. The summed E-state index contributed by atoms with van der Waals surface area (Å²) in [5.74, 6) is 2.06. The Morgan fingerprint density at radius 1 is 1.31 bits per heavy atom. The number of hydrogen-bond acceptors (Lipinski definition) is 5. The molecule has 0 saturated carbocycles. The van der Waals surface area contributed by atoms with Gasteiger partial charge in [-0.2, -0.15) is 0 Å². The molecule has 26 heavy (non-hydrogen) atoms. The molecule has 1 aromatic carbocycles. The molecule has 2 aliphatic rings. The van der Waals surface area contributed by atoms with E-state index in [1.807, 2.05) is 24.3 Å². The van der Waals surface area contributed by atoms with Gasteiger partial charge in [-0.3, -0.25) is 4.79 Å². The first-order chi connectivity index (χ1) is 12.7. The number of nitrogens with zero attached hydrogens (tertiary/aromatic N) is 2. The highest BCUT2D eigenvalue weighted by molar-refractivity contribution is 5.95. The topological polar surface area (TPSA) is 67.6 Å². The summed E-state index contributed by atoms with van der Waals surface area (Å²) in [5, 5.41) is 6.96. The molecule has 1 N–H and O–H groups in total. The number of aromatic nitrogens is 1. The van der Waals surface area contributed by atoms with Crippen molar-refractivity contribution < 1.29 is 14.1 Å². The second kappa shape index (κ2) is 7.50. The second-order valence-corrected chi connectivity index (χ2v) is 7.26. The smallest absolute Gasteiger partial charge is 0.273 e. The first-order valence-electron chi connectivity index (χ1n) is 9.43. The standard InChI is InChI=1S/C20H25N3O3/c1-14-7-11-23(12-8-14)10-4-9-21-20(24)18-16-13-25-17-6-3-2-5-15(17)19(16)26-22-18/h2-3,5-6,14H,4,7-13H2,1H3,(H,21,24). The van der Waals surface area contributed by atoms with Crippen molar-refractivity contribution in [1.82, 2.24) is 15.4 Å². The average Bonchev–Trinajstić information content (AvgIpc) is 3.11. The van der Waals surface area contributed by atoms with Crippen LogP contribution in [0.25, 0.3) is 11.3 Å². The SMILES string of the molecule is CC1CCN(CCCNC(=O)c2noc3c2COc2ccccc2-3)CC1. The number of carbonyl (C=O) groups excluding carboxylic acids is 1. The van der Waals surface area contributed by atoms with E-state index in [0.717, 1.165) is 35.8 Å². The van der Waals surface area contributed by atoms with E-state index < -0.39 is 0 Å². The molecule has 4 rings (SSSR count). The van der Waals surface area contributed by atoms with E-state index in [1.54, 1.807) is 0 Å². The van der Waals surface area contributed by atoms with Crippen LogP contribution < -0.4 is 10.1 Å². The van der Waals surface area contributed by atoms with Crippen molar-refractivity contribution in [3.05, 3.63) is 35.5 Å². The van der Waals surface area contributed by atoms with Crippen molar-refractivity contribution in [2.24, 2.45) is 5.92 Å². The van der Waals surface area contributed by atoms with Gasteiger partial charge in [-0.1, -0.05) is 24.2 Å². The molecular weight excluding hydrogens is 330 g/mol. The van der Waals surface area contributed by atoms with Crippen LogP contribution in [0.5, 0.6) is 5.75 Å². The molecule has 2 aromatic rings. The van der Waals surface area contributed by atoms with Gasteiger partial charge in [0.25, 0.3) is 5.91 Å². The molecule has 6 nitrogen and oxygen atoms in total. The van der Waals surface area contributed by atoms with Crippen LogP contribution in [0.15, 0.2) is 28.8 Å². The molecule has 0 unspecified atom stereocenters. The average molecular weight is 355 g/mol. The van der Waals surface area contributed by atoms with E-state index >= 15 is 0 Å². The Labute approximate surface area is 153 Å². The van der Waals surface area contributed by atoms with Gasteiger partial charge in [-0.15, -0.1) is 0 Å². The lowest BCUT2D eigenvalue weighted by Gasteiger charge is -2.30. The number of piperidine rings is 1. The number of para-hydroxylation sites is 1. The Balaban J connectivity index is 1.32. The Bertz CT molecular complexity index is 778. The summed E-state index contributed by atoms with van der Waals surface area (Å²) in [6.45, 7) is 6.64. The summed E-state index contributed by atoms with van der Waals surface area (Å²) in [4.78, 5) is 15.0. The number of benzene rings is 1. The van der Waals surface area contributed by atoms with E-state index in [4.69, 9.17) is 9.26 Å². The summed E-state index contributed by atoms with van der Waals surface area (Å²) in [6.07, 6.45) is 3.50. The minimum atomic E-state index is -0.190. The van der Waals surface area contributed by atoms with Gasteiger partial charge in [0.2, 0.25) is 0 Å². The van der Waals surface area contributed by atoms with Crippen molar-refractivity contribution in [3.63, 3.8) is 0 Å². The fourth-order valence-electron chi connectivity index (χ4n) is 3.64. The minimum absolute atomic E-state index is 0.190. The Hall–Kier alpha value is -2.34. The minimum Gasteiger partial charge on any atom is -0.488 e. The highest BCUT2D eigenvalue weighted by Gasteiger charge is 2.28. The van der Waals surface area contributed by atoms with Crippen molar-refractivity contribution >= 4 is 5.91 Å². The zero-order valence-electron chi connectivity index (χ0n) is 15.2. The maximum Gasteiger partial charge on any atom is 0.273 e. The molecule has 1 saturated heterocycles. The summed E-state index contributed by atoms with van der Waals surface area (Å²) < 4.78 is 11.2. The zero-order valence-corrected chi connectivity index (χ0v) is 15.2. The molecule has 1 aromatic heterocycles. The van der Waals surface area contributed by atoms with Gasteiger partial charge >= 0.3 is 0 Å². The first-order valence-corrected chi connectivity index (χ1v) is 9.43. The highest BCUT2D eigenvalue weighted by atomic mass is 16.5. The maximum absolute atomic E-state index is 12.5. The largest absolute Gasteiger partial charge is 0.488 e. The third-order valence-corrected chi connectivity index (χ3v) is 5.32.